The van der Waals surface area contributed by atoms with E-state index in [1.807, 2.05) is 18.2 Å². The lowest BCUT2D eigenvalue weighted by Gasteiger charge is -2.11. The summed E-state index contributed by atoms with van der Waals surface area (Å²) in [7, 11) is -3.21. The minimum Gasteiger partial charge on any atom is -0.316 e. The maximum atomic E-state index is 11.8. The Kier molecular flexibility index (Phi) is 3.46. The number of hydrogen-bond acceptors (Lipinski definition) is 3. The lowest BCUT2D eigenvalue weighted by molar-refractivity contribution is 0.575. The molecule has 4 nitrogen and oxygen atoms in total. The lowest BCUT2D eigenvalue weighted by atomic mass is 10.2. The van der Waals surface area contributed by atoms with Gasteiger partial charge >= 0.3 is 0 Å². The third-order valence-electron chi connectivity index (χ3n) is 2.66. The maximum Gasteiger partial charge on any atom is 0.233 e. The fourth-order valence-corrected chi connectivity index (χ4v) is 3.38. The van der Waals surface area contributed by atoms with Crippen LogP contribution in [0.5, 0.6) is 0 Å². The van der Waals surface area contributed by atoms with Crippen LogP contribution in [0.4, 0.5) is 5.69 Å². The van der Waals surface area contributed by atoms with Crippen LogP contribution in [0.3, 0.4) is 0 Å². The quantitative estimate of drug-likeness (QED) is 0.826. The molecule has 1 aromatic rings. The first kappa shape index (κ1) is 11.4. The van der Waals surface area contributed by atoms with Gasteiger partial charge in [-0.15, -0.1) is 0 Å². The van der Waals surface area contributed by atoms with Gasteiger partial charge in [0.2, 0.25) is 10.0 Å². The first-order valence-corrected chi connectivity index (χ1v) is 7.07. The SMILES string of the molecule is O=S(=O)(CC1CCNC1)Nc1ccccc1. The molecule has 1 unspecified atom stereocenters. The lowest BCUT2D eigenvalue weighted by Crippen LogP contribution is -2.24. The molecule has 0 amide bonds. The third-order valence-corrected chi connectivity index (χ3v) is 4.12. The molecule has 1 aliphatic heterocycles. The zero-order valence-electron chi connectivity index (χ0n) is 9.02. The van der Waals surface area contributed by atoms with Crippen molar-refractivity contribution in [2.45, 2.75) is 6.42 Å². The smallest absolute Gasteiger partial charge is 0.233 e. The molecule has 0 radical (unpaired) electrons. The van der Waals surface area contributed by atoms with E-state index in [2.05, 4.69) is 10.0 Å². The molecule has 0 aliphatic carbocycles. The van der Waals surface area contributed by atoms with Crippen LogP contribution >= 0.6 is 0 Å². The highest BCUT2D eigenvalue weighted by molar-refractivity contribution is 7.92. The summed E-state index contributed by atoms with van der Waals surface area (Å²) in [5.74, 6) is 0.441. The van der Waals surface area contributed by atoms with Crippen molar-refractivity contribution >= 4 is 15.7 Å². The summed E-state index contributed by atoms with van der Waals surface area (Å²) in [5.41, 5.74) is 0.633. The molecule has 2 rings (SSSR count). The second kappa shape index (κ2) is 4.84. The Balaban J connectivity index is 1.97. The molecule has 1 fully saturated rings. The van der Waals surface area contributed by atoms with E-state index >= 15 is 0 Å². The van der Waals surface area contributed by atoms with Crippen molar-refractivity contribution in [3.8, 4) is 0 Å². The van der Waals surface area contributed by atoms with E-state index in [4.69, 9.17) is 0 Å². The summed E-state index contributed by atoms with van der Waals surface area (Å²) in [5, 5.41) is 3.17. The molecule has 88 valence electrons. The first-order chi connectivity index (χ1) is 7.66. The Morgan fingerprint density at radius 3 is 2.69 bits per heavy atom. The highest BCUT2D eigenvalue weighted by Gasteiger charge is 2.22. The number of sulfonamides is 1. The Labute approximate surface area is 96.1 Å². The molecule has 0 aromatic heterocycles. The van der Waals surface area contributed by atoms with Crippen LogP contribution in [0, 0.1) is 5.92 Å². The summed E-state index contributed by atoms with van der Waals surface area (Å²) in [6, 6.07) is 9.00. The zero-order chi connectivity index (χ0) is 11.4. The summed E-state index contributed by atoms with van der Waals surface area (Å²) in [6.45, 7) is 1.72. The fraction of sp³-hybridized carbons (Fsp3) is 0.455. The Morgan fingerprint density at radius 1 is 1.31 bits per heavy atom. The third kappa shape index (κ3) is 3.21. The van der Waals surface area contributed by atoms with E-state index in [1.165, 1.54) is 0 Å². The summed E-state index contributed by atoms with van der Waals surface area (Å²) in [4.78, 5) is 0. The molecular formula is C11H16N2O2S. The van der Waals surface area contributed by atoms with Gasteiger partial charge in [0.15, 0.2) is 0 Å². The van der Waals surface area contributed by atoms with Gasteiger partial charge in [-0.3, -0.25) is 4.72 Å². The van der Waals surface area contributed by atoms with Crippen molar-refractivity contribution in [2.24, 2.45) is 5.92 Å². The van der Waals surface area contributed by atoms with Gasteiger partial charge in [0.1, 0.15) is 0 Å². The van der Waals surface area contributed by atoms with E-state index in [0.717, 1.165) is 19.5 Å². The van der Waals surface area contributed by atoms with E-state index in [9.17, 15) is 8.42 Å². The van der Waals surface area contributed by atoms with Crippen LogP contribution in [-0.4, -0.2) is 27.3 Å². The number of benzene rings is 1. The van der Waals surface area contributed by atoms with Crippen molar-refractivity contribution in [2.75, 3.05) is 23.6 Å². The number of para-hydroxylation sites is 1. The van der Waals surface area contributed by atoms with Crippen molar-refractivity contribution in [1.29, 1.82) is 0 Å². The molecule has 1 aliphatic rings. The molecule has 0 saturated carbocycles. The number of anilines is 1. The van der Waals surface area contributed by atoms with E-state index in [0.29, 0.717) is 5.69 Å². The van der Waals surface area contributed by atoms with Gasteiger partial charge in [0.25, 0.3) is 0 Å². The van der Waals surface area contributed by atoms with Crippen LogP contribution in [0.1, 0.15) is 6.42 Å². The molecule has 0 bridgehead atoms. The Bertz CT molecular complexity index is 425. The van der Waals surface area contributed by atoms with Gasteiger partial charge in [-0.1, -0.05) is 18.2 Å². The molecule has 5 heteroatoms. The Morgan fingerprint density at radius 2 is 2.06 bits per heavy atom. The van der Waals surface area contributed by atoms with E-state index in [1.54, 1.807) is 12.1 Å². The molecule has 1 saturated heterocycles. The Hall–Kier alpha value is -1.07. The van der Waals surface area contributed by atoms with Gasteiger partial charge in [-0.25, -0.2) is 8.42 Å². The first-order valence-electron chi connectivity index (χ1n) is 5.42. The minimum absolute atomic E-state index is 0.203. The normalized spacial score (nSPS) is 20.9. The van der Waals surface area contributed by atoms with Crippen LogP contribution < -0.4 is 10.0 Å². The van der Waals surface area contributed by atoms with Crippen LogP contribution in [0.25, 0.3) is 0 Å². The molecule has 1 heterocycles. The van der Waals surface area contributed by atoms with E-state index < -0.39 is 10.0 Å². The van der Waals surface area contributed by atoms with Crippen LogP contribution in [0.15, 0.2) is 30.3 Å². The fourth-order valence-electron chi connectivity index (χ4n) is 1.89. The highest BCUT2D eigenvalue weighted by atomic mass is 32.2. The largest absolute Gasteiger partial charge is 0.316 e. The predicted octanol–water partition coefficient (Wildman–Crippen LogP) is 1.04. The second-order valence-electron chi connectivity index (χ2n) is 4.11. The van der Waals surface area contributed by atoms with Crippen molar-refractivity contribution in [1.82, 2.24) is 5.32 Å². The van der Waals surface area contributed by atoms with Gasteiger partial charge in [0.05, 0.1) is 5.75 Å². The monoisotopic (exact) mass is 240 g/mol. The zero-order valence-corrected chi connectivity index (χ0v) is 9.83. The van der Waals surface area contributed by atoms with Crippen molar-refractivity contribution in [3.63, 3.8) is 0 Å². The molecule has 16 heavy (non-hydrogen) atoms. The van der Waals surface area contributed by atoms with Gasteiger partial charge in [-0.2, -0.15) is 0 Å². The summed E-state index contributed by atoms with van der Waals surface area (Å²) in [6.07, 6.45) is 0.940. The maximum absolute atomic E-state index is 11.8. The van der Waals surface area contributed by atoms with Crippen LogP contribution in [0.2, 0.25) is 0 Å². The second-order valence-corrected chi connectivity index (χ2v) is 5.88. The van der Waals surface area contributed by atoms with Crippen LogP contribution in [-0.2, 0) is 10.0 Å². The molecular weight excluding hydrogens is 224 g/mol. The molecule has 0 spiro atoms. The average Bonchev–Trinajstić information content (AvgIpc) is 2.70. The van der Waals surface area contributed by atoms with Gasteiger partial charge < -0.3 is 5.32 Å². The molecule has 1 atom stereocenters. The van der Waals surface area contributed by atoms with Crippen molar-refractivity contribution < 1.29 is 8.42 Å². The summed E-state index contributed by atoms with van der Waals surface area (Å²) >= 11 is 0. The van der Waals surface area contributed by atoms with E-state index in [-0.39, 0.29) is 11.7 Å². The molecule has 1 aromatic carbocycles. The molecule has 2 N–H and O–H groups in total. The topological polar surface area (TPSA) is 58.2 Å². The predicted molar refractivity (Wildman–Crippen MR) is 64.8 cm³/mol. The van der Waals surface area contributed by atoms with Crippen molar-refractivity contribution in [3.05, 3.63) is 30.3 Å². The summed E-state index contributed by atoms with van der Waals surface area (Å²) < 4.78 is 26.2. The van der Waals surface area contributed by atoms with Gasteiger partial charge in [0, 0.05) is 5.69 Å². The highest BCUT2D eigenvalue weighted by Crippen LogP contribution is 2.14. The standard InChI is InChI=1S/C11H16N2O2S/c14-16(15,9-10-6-7-12-8-10)13-11-4-2-1-3-5-11/h1-5,10,12-13H,6-9H2. The number of rotatable bonds is 4. The number of nitrogens with one attached hydrogen (secondary N) is 2. The van der Waals surface area contributed by atoms with Gasteiger partial charge in [-0.05, 0) is 37.6 Å². The number of hydrogen-bond donors (Lipinski definition) is 2. The minimum atomic E-state index is -3.21. The average molecular weight is 240 g/mol.